The summed E-state index contributed by atoms with van der Waals surface area (Å²) in [7, 11) is 4.07. The lowest BCUT2D eigenvalue weighted by Crippen LogP contribution is -2.13. The number of anilines is 1. The summed E-state index contributed by atoms with van der Waals surface area (Å²) in [6, 6.07) is 8.23. The molecule has 1 aromatic carbocycles. The summed E-state index contributed by atoms with van der Waals surface area (Å²) >= 11 is 0. The average molecular weight is 338 g/mol. The molecule has 1 aliphatic rings. The van der Waals surface area contributed by atoms with E-state index in [1.165, 1.54) is 38.5 Å². The van der Waals surface area contributed by atoms with E-state index in [1.54, 1.807) is 0 Å². The maximum atomic E-state index is 4.73. The lowest BCUT2D eigenvalue weighted by Gasteiger charge is -2.27. The number of benzene rings is 1. The van der Waals surface area contributed by atoms with Gasteiger partial charge < -0.3 is 4.90 Å². The Bertz CT molecular complexity index is 712. The molecule has 0 aliphatic heterocycles. The van der Waals surface area contributed by atoms with Crippen LogP contribution >= 0.6 is 0 Å². The second-order valence-corrected chi connectivity index (χ2v) is 7.59. The van der Waals surface area contributed by atoms with Gasteiger partial charge in [-0.2, -0.15) is 0 Å². The molecule has 0 spiro atoms. The first-order chi connectivity index (χ1) is 12.2. The molecule has 0 amide bonds. The van der Waals surface area contributed by atoms with Gasteiger partial charge in [0.2, 0.25) is 0 Å². The summed E-state index contributed by atoms with van der Waals surface area (Å²) in [6.07, 6.45) is 13.9. The first kappa shape index (κ1) is 17.9. The van der Waals surface area contributed by atoms with Crippen LogP contribution in [0.1, 0.15) is 57.7 Å². The Morgan fingerprint density at radius 2 is 1.76 bits per heavy atom. The third kappa shape index (κ3) is 4.59. The minimum Gasteiger partial charge on any atom is -0.362 e. The van der Waals surface area contributed by atoms with Gasteiger partial charge in [-0.15, -0.1) is 0 Å². The Balaban J connectivity index is 1.62. The van der Waals surface area contributed by atoms with Gasteiger partial charge in [0.25, 0.3) is 0 Å². The van der Waals surface area contributed by atoms with E-state index in [0.717, 1.165) is 40.8 Å². The predicted octanol–water partition coefficient (Wildman–Crippen LogP) is 5.71. The van der Waals surface area contributed by atoms with Crippen molar-refractivity contribution in [1.82, 2.24) is 9.97 Å². The number of fused-ring (bicyclic) bond motifs is 1. The first-order valence-corrected chi connectivity index (χ1v) is 9.78. The van der Waals surface area contributed by atoms with Crippen molar-refractivity contribution < 1.29 is 0 Å². The van der Waals surface area contributed by atoms with Gasteiger partial charge in [-0.25, -0.2) is 9.97 Å². The minimum atomic E-state index is 0.817. The third-order valence-corrected chi connectivity index (χ3v) is 5.58. The molecule has 2 aromatic rings. The molecule has 25 heavy (non-hydrogen) atoms. The van der Waals surface area contributed by atoms with E-state index >= 15 is 0 Å². The Labute approximate surface area is 152 Å². The van der Waals surface area contributed by atoms with Crippen LogP contribution in [-0.4, -0.2) is 24.1 Å². The second kappa shape index (κ2) is 8.46. The number of hydrogen-bond acceptors (Lipinski definition) is 3. The normalized spacial score (nSPS) is 21.1. The van der Waals surface area contributed by atoms with Gasteiger partial charge in [-0.3, -0.25) is 0 Å². The van der Waals surface area contributed by atoms with Crippen LogP contribution in [-0.2, 0) is 0 Å². The molecule has 0 bridgehead atoms. The van der Waals surface area contributed by atoms with Crippen molar-refractivity contribution in [2.45, 2.75) is 51.9 Å². The fourth-order valence-corrected chi connectivity index (χ4v) is 3.94. The summed E-state index contributed by atoms with van der Waals surface area (Å²) in [5.41, 5.74) is 1.01. The minimum absolute atomic E-state index is 0.817. The van der Waals surface area contributed by atoms with E-state index in [9.17, 15) is 0 Å². The van der Waals surface area contributed by atoms with Crippen LogP contribution in [0.2, 0.25) is 0 Å². The van der Waals surface area contributed by atoms with Gasteiger partial charge in [0.15, 0.2) is 5.82 Å². The number of para-hydroxylation sites is 1. The summed E-state index contributed by atoms with van der Waals surface area (Å²) in [5.74, 6) is 3.71. The number of aromatic nitrogens is 2. The molecule has 0 unspecified atom stereocenters. The van der Waals surface area contributed by atoms with Crippen molar-refractivity contribution >= 4 is 22.8 Å². The lowest BCUT2D eigenvalue weighted by atomic mass is 9.79. The molecule has 1 heterocycles. The van der Waals surface area contributed by atoms with E-state index < -0.39 is 0 Å². The molecule has 0 radical (unpaired) electrons. The number of hydrogen-bond donors (Lipinski definition) is 0. The van der Waals surface area contributed by atoms with Crippen molar-refractivity contribution in [2.24, 2.45) is 11.8 Å². The molecule has 3 nitrogen and oxygen atoms in total. The fourth-order valence-electron chi connectivity index (χ4n) is 3.94. The van der Waals surface area contributed by atoms with Crippen molar-refractivity contribution in [1.29, 1.82) is 0 Å². The van der Waals surface area contributed by atoms with Crippen LogP contribution in [0.25, 0.3) is 17.0 Å². The van der Waals surface area contributed by atoms with Crippen LogP contribution in [0.15, 0.2) is 30.3 Å². The second-order valence-electron chi connectivity index (χ2n) is 7.59. The molecule has 0 atom stereocenters. The molecule has 1 fully saturated rings. The smallest absolute Gasteiger partial charge is 0.154 e. The SMILES string of the molecule is CCC1CCC(CC/C=C/c2nc(N(C)C)c3ccccc3n2)CC1. The Hall–Kier alpha value is -1.90. The van der Waals surface area contributed by atoms with Crippen LogP contribution in [0.5, 0.6) is 0 Å². The Morgan fingerprint density at radius 1 is 1.04 bits per heavy atom. The first-order valence-electron chi connectivity index (χ1n) is 9.78. The predicted molar refractivity (Wildman–Crippen MR) is 108 cm³/mol. The van der Waals surface area contributed by atoms with Crippen LogP contribution in [0.4, 0.5) is 5.82 Å². The Morgan fingerprint density at radius 3 is 2.48 bits per heavy atom. The highest BCUT2D eigenvalue weighted by atomic mass is 15.1. The van der Waals surface area contributed by atoms with Gasteiger partial charge in [0, 0.05) is 19.5 Å². The molecule has 1 aromatic heterocycles. The third-order valence-electron chi connectivity index (χ3n) is 5.58. The molecule has 3 heteroatoms. The quantitative estimate of drug-likeness (QED) is 0.676. The van der Waals surface area contributed by atoms with E-state index in [2.05, 4.69) is 36.1 Å². The van der Waals surface area contributed by atoms with Crippen LogP contribution in [0.3, 0.4) is 0 Å². The summed E-state index contributed by atoms with van der Waals surface area (Å²) in [4.78, 5) is 11.5. The molecular weight excluding hydrogens is 306 g/mol. The Kier molecular flexibility index (Phi) is 6.06. The van der Waals surface area contributed by atoms with Crippen molar-refractivity contribution in [3.8, 4) is 0 Å². The topological polar surface area (TPSA) is 29.0 Å². The molecular formula is C22H31N3. The zero-order chi connectivity index (χ0) is 17.6. The van der Waals surface area contributed by atoms with Gasteiger partial charge in [-0.1, -0.05) is 57.2 Å². The highest BCUT2D eigenvalue weighted by Gasteiger charge is 2.19. The average Bonchev–Trinajstić information content (AvgIpc) is 2.65. The van der Waals surface area contributed by atoms with Gasteiger partial charge >= 0.3 is 0 Å². The van der Waals surface area contributed by atoms with Crippen molar-refractivity contribution in [2.75, 3.05) is 19.0 Å². The van der Waals surface area contributed by atoms with Gasteiger partial charge in [0.05, 0.1) is 5.52 Å². The van der Waals surface area contributed by atoms with Crippen molar-refractivity contribution in [3.05, 3.63) is 36.2 Å². The van der Waals surface area contributed by atoms with Crippen LogP contribution in [0, 0.1) is 11.8 Å². The summed E-state index contributed by atoms with van der Waals surface area (Å²) in [5, 5.41) is 1.11. The highest BCUT2D eigenvalue weighted by molar-refractivity contribution is 5.89. The van der Waals surface area contributed by atoms with E-state index in [-0.39, 0.29) is 0 Å². The molecule has 0 N–H and O–H groups in total. The standard InChI is InChI=1S/C22H31N3/c1-4-17-13-15-18(16-14-17)9-5-8-12-21-23-20-11-7-6-10-19(20)22(24-21)25(2)3/h6-8,10-12,17-18H,4-5,9,13-16H2,1-3H3/b12-8+. The van der Waals surface area contributed by atoms with Crippen LogP contribution < -0.4 is 4.90 Å². The summed E-state index contributed by atoms with van der Waals surface area (Å²) < 4.78 is 0. The van der Waals surface area contributed by atoms with Gasteiger partial charge in [0.1, 0.15) is 5.82 Å². The number of nitrogens with zero attached hydrogens (tertiary/aromatic N) is 3. The maximum absolute atomic E-state index is 4.73. The van der Waals surface area contributed by atoms with Crippen molar-refractivity contribution in [3.63, 3.8) is 0 Å². The largest absolute Gasteiger partial charge is 0.362 e. The van der Waals surface area contributed by atoms with E-state index in [4.69, 9.17) is 9.97 Å². The zero-order valence-corrected chi connectivity index (χ0v) is 15.9. The fraction of sp³-hybridized carbons (Fsp3) is 0.545. The lowest BCUT2D eigenvalue weighted by molar-refractivity contribution is 0.260. The summed E-state index contributed by atoms with van der Waals surface area (Å²) in [6.45, 7) is 2.33. The molecule has 1 saturated carbocycles. The molecule has 3 rings (SSSR count). The maximum Gasteiger partial charge on any atom is 0.154 e. The zero-order valence-electron chi connectivity index (χ0n) is 15.9. The number of rotatable bonds is 6. The van der Waals surface area contributed by atoms with E-state index in [0.29, 0.717) is 0 Å². The van der Waals surface area contributed by atoms with E-state index in [1.807, 2.05) is 26.2 Å². The van der Waals surface area contributed by atoms with Gasteiger partial charge in [-0.05, 0) is 42.9 Å². The monoisotopic (exact) mass is 337 g/mol. The molecule has 134 valence electrons. The molecule has 1 aliphatic carbocycles. The highest BCUT2D eigenvalue weighted by Crippen LogP contribution is 2.33. The number of allylic oxidation sites excluding steroid dienone is 1. The molecule has 0 saturated heterocycles.